The van der Waals surface area contributed by atoms with Crippen LogP contribution < -0.4 is 14.4 Å². The van der Waals surface area contributed by atoms with Crippen molar-refractivity contribution in [1.82, 2.24) is 19.7 Å². The number of halogens is 1. The van der Waals surface area contributed by atoms with Crippen LogP contribution in [0, 0.1) is 0 Å². The number of aromatic nitrogens is 3. The molecule has 1 aromatic carbocycles. The third-order valence-electron chi connectivity index (χ3n) is 2.78. The number of ether oxygens (including phenoxy) is 1. The molecule has 0 atom stereocenters. The summed E-state index contributed by atoms with van der Waals surface area (Å²) in [6.07, 6.45) is 0. The monoisotopic (exact) mass is 357 g/mol. The minimum atomic E-state index is -3.69. The van der Waals surface area contributed by atoms with Gasteiger partial charge in [-0.3, -0.25) is 0 Å². The third-order valence-corrected chi connectivity index (χ3v) is 4.45. The van der Waals surface area contributed by atoms with Crippen molar-refractivity contribution < 1.29 is 13.2 Å². The first kappa shape index (κ1) is 17.4. The molecule has 1 aromatic heterocycles. The lowest BCUT2D eigenvalue weighted by atomic mass is 10.4. The van der Waals surface area contributed by atoms with E-state index >= 15 is 0 Å². The molecule has 0 fully saturated rings. The third kappa shape index (κ3) is 4.50. The molecule has 124 valence electrons. The van der Waals surface area contributed by atoms with Gasteiger partial charge in [-0.05, 0) is 24.3 Å². The Balaban J connectivity index is 2.19. The van der Waals surface area contributed by atoms with Crippen molar-refractivity contribution in [2.24, 2.45) is 0 Å². The molecule has 0 aliphatic rings. The standard InChI is InChI=1S/C13H16ClN5O3S/c1-19(2)12-16-11(17-13(18-12)22-3)8-15-23(20,21)10-6-4-9(14)5-7-10/h4-7,15H,8H2,1-3H3. The van der Waals surface area contributed by atoms with E-state index in [2.05, 4.69) is 19.7 Å². The summed E-state index contributed by atoms with van der Waals surface area (Å²) < 4.78 is 31.9. The molecule has 2 aromatic rings. The Kier molecular flexibility index (Phi) is 5.34. The summed E-state index contributed by atoms with van der Waals surface area (Å²) in [4.78, 5) is 14.0. The van der Waals surface area contributed by atoms with E-state index in [1.165, 1.54) is 31.4 Å². The number of anilines is 1. The summed E-state index contributed by atoms with van der Waals surface area (Å²) in [7, 11) is 1.26. The Hall–Kier alpha value is -1.97. The summed E-state index contributed by atoms with van der Waals surface area (Å²) in [6.45, 7) is -0.0926. The van der Waals surface area contributed by atoms with Crippen LogP contribution in [0.5, 0.6) is 6.01 Å². The first-order valence-corrected chi connectivity index (χ1v) is 8.39. The predicted molar refractivity (Wildman–Crippen MR) is 86.2 cm³/mol. The normalized spacial score (nSPS) is 11.3. The molecule has 10 heteroatoms. The van der Waals surface area contributed by atoms with Gasteiger partial charge in [-0.2, -0.15) is 15.0 Å². The van der Waals surface area contributed by atoms with Crippen LogP contribution in [0.15, 0.2) is 29.2 Å². The second kappa shape index (κ2) is 7.07. The number of benzene rings is 1. The summed E-state index contributed by atoms with van der Waals surface area (Å²) in [5.74, 6) is 0.621. The topological polar surface area (TPSA) is 97.3 Å². The highest BCUT2D eigenvalue weighted by Gasteiger charge is 2.16. The van der Waals surface area contributed by atoms with Gasteiger partial charge in [0.1, 0.15) is 0 Å². The lowest BCUT2D eigenvalue weighted by Crippen LogP contribution is -2.25. The minimum Gasteiger partial charge on any atom is -0.467 e. The molecule has 8 nitrogen and oxygen atoms in total. The zero-order chi connectivity index (χ0) is 17.0. The van der Waals surface area contributed by atoms with E-state index in [0.717, 1.165) is 0 Å². The van der Waals surface area contributed by atoms with Crippen LogP contribution in [0.25, 0.3) is 0 Å². The van der Waals surface area contributed by atoms with E-state index in [1.54, 1.807) is 19.0 Å². The van der Waals surface area contributed by atoms with E-state index < -0.39 is 10.0 Å². The molecule has 1 heterocycles. The highest BCUT2D eigenvalue weighted by Crippen LogP contribution is 2.15. The second-order valence-corrected chi connectivity index (χ2v) is 6.91. The van der Waals surface area contributed by atoms with Crippen LogP contribution in [0.3, 0.4) is 0 Å². The SMILES string of the molecule is COc1nc(CNS(=O)(=O)c2ccc(Cl)cc2)nc(N(C)C)n1. The van der Waals surface area contributed by atoms with Crippen molar-refractivity contribution in [2.45, 2.75) is 11.4 Å². The van der Waals surface area contributed by atoms with Crippen molar-refractivity contribution in [2.75, 3.05) is 26.1 Å². The van der Waals surface area contributed by atoms with Gasteiger partial charge in [0.2, 0.25) is 16.0 Å². The smallest absolute Gasteiger partial charge is 0.321 e. The molecule has 0 saturated heterocycles. The Morgan fingerprint density at radius 3 is 2.39 bits per heavy atom. The Labute approximate surface area is 139 Å². The van der Waals surface area contributed by atoms with Crippen LogP contribution in [0.4, 0.5) is 5.95 Å². The number of hydrogen-bond donors (Lipinski definition) is 1. The molecule has 0 saturated carbocycles. The van der Waals surface area contributed by atoms with Gasteiger partial charge >= 0.3 is 6.01 Å². The van der Waals surface area contributed by atoms with Gasteiger partial charge in [-0.25, -0.2) is 13.1 Å². The maximum Gasteiger partial charge on any atom is 0.321 e. The quantitative estimate of drug-likeness (QED) is 0.826. The first-order chi connectivity index (χ1) is 10.8. The van der Waals surface area contributed by atoms with Crippen LogP contribution in [-0.4, -0.2) is 44.6 Å². The van der Waals surface area contributed by atoms with E-state index in [4.69, 9.17) is 16.3 Å². The molecule has 1 N–H and O–H groups in total. The van der Waals surface area contributed by atoms with Gasteiger partial charge < -0.3 is 9.64 Å². The first-order valence-electron chi connectivity index (χ1n) is 6.53. The summed E-state index contributed by atoms with van der Waals surface area (Å²) in [6, 6.07) is 5.97. The zero-order valence-corrected chi connectivity index (χ0v) is 14.4. The number of rotatable bonds is 6. The summed E-state index contributed by atoms with van der Waals surface area (Å²) >= 11 is 5.75. The number of sulfonamides is 1. The van der Waals surface area contributed by atoms with Gasteiger partial charge in [0.15, 0.2) is 5.82 Å². The largest absolute Gasteiger partial charge is 0.467 e. The molecule has 0 unspecified atom stereocenters. The molecule has 0 aliphatic heterocycles. The highest BCUT2D eigenvalue weighted by atomic mass is 35.5. The van der Waals surface area contributed by atoms with Crippen molar-refractivity contribution >= 4 is 27.6 Å². The van der Waals surface area contributed by atoms with Crippen molar-refractivity contribution in [3.05, 3.63) is 35.1 Å². The second-order valence-electron chi connectivity index (χ2n) is 4.71. The van der Waals surface area contributed by atoms with E-state index in [0.29, 0.717) is 11.0 Å². The van der Waals surface area contributed by atoms with Crippen molar-refractivity contribution in [1.29, 1.82) is 0 Å². The fourth-order valence-corrected chi connectivity index (χ4v) is 2.72. The molecule has 0 bridgehead atoms. The Morgan fingerprint density at radius 1 is 1.17 bits per heavy atom. The number of methoxy groups -OCH3 is 1. The van der Waals surface area contributed by atoms with Gasteiger partial charge in [0.25, 0.3) is 0 Å². The van der Waals surface area contributed by atoms with Crippen LogP contribution in [0.1, 0.15) is 5.82 Å². The van der Waals surface area contributed by atoms with Gasteiger partial charge in [-0.15, -0.1) is 0 Å². The molecule has 23 heavy (non-hydrogen) atoms. The average molecular weight is 358 g/mol. The summed E-state index contributed by atoms with van der Waals surface area (Å²) in [5.41, 5.74) is 0. The molecule has 2 rings (SSSR count). The highest BCUT2D eigenvalue weighted by molar-refractivity contribution is 7.89. The van der Waals surface area contributed by atoms with E-state index in [-0.39, 0.29) is 23.3 Å². The molecule has 0 aliphatic carbocycles. The molecule has 0 radical (unpaired) electrons. The zero-order valence-electron chi connectivity index (χ0n) is 12.8. The molecule has 0 amide bonds. The fraction of sp³-hybridized carbons (Fsp3) is 0.308. The Bertz CT molecular complexity index is 781. The van der Waals surface area contributed by atoms with Gasteiger partial charge in [-0.1, -0.05) is 11.6 Å². The number of nitrogens with one attached hydrogen (secondary N) is 1. The van der Waals surface area contributed by atoms with Crippen molar-refractivity contribution in [3.8, 4) is 6.01 Å². The maximum atomic E-state index is 12.2. The maximum absolute atomic E-state index is 12.2. The number of hydrogen-bond acceptors (Lipinski definition) is 7. The van der Waals surface area contributed by atoms with E-state index in [9.17, 15) is 8.42 Å². The molecular formula is C13H16ClN5O3S. The van der Waals surface area contributed by atoms with Gasteiger partial charge in [0.05, 0.1) is 18.6 Å². The van der Waals surface area contributed by atoms with Crippen LogP contribution in [0.2, 0.25) is 5.02 Å². The number of nitrogens with zero attached hydrogens (tertiary/aromatic N) is 4. The average Bonchev–Trinajstić information content (AvgIpc) is 2.53. The minimum absolute atomic E-state index is 0.0926. The Morgan fingerprint density at radius 2 is 1.83 bits per heavy atom. The van der Waals surface area contributed by atoms with Crippen LogP contribution >= 0.6 is 11.6 Å². The lowest BCUT2D eigenvalue weighted by molar-refractivity contribution is 0.375. The van der Waals surface area contributed by atoms with E-state index in [1.807, 2.05) is 0 Å². The molecular weight excluding hydrogens is 342 g/mol. The van der Waals surface area contributed by atoms with Gasteiger partial charge in [0, 0.05) is 19.1 Å². The van der Waals surface area contributed by atoms with Crippen LogP contribution in [-0.2, 0) is 16.6 Å². The predicted octanol–water partition coefficient (Wildman–Crippen LogP) is 1.08. The van der Waals surface area contributed by atoms with Crippen molar-refractivity contribution in [3.63, 3.8) is 0 Å². The lowest BCUT2D eigenvalue weighted by Gasteiger charge is -2.12. The molecule has 0 spiro atoms. The fourth-order valence-electron chi connectivity index (χ4n) is 1.61. The summed E-state index contributed by atoms with van der Waals surface area (Å²) in [5, 5.41) is 0.460.